The first kappa shape index (κ1) is 15.5. The Hall–Kier alpha value is -1.36. The van der Waals surface area contributed by atoms with E-state index in [0.717, 1.165) is 25.1 Å². The predicted molar refractivity (Wildman–Crippen MR) is 85.1 cm³/mol. The Kier molecular flexibility index (Phi) is 4.02. The zero-order valence-corrected chi connectivity index (χ0v) is 14.1. The topological polar surface area (TPSA) is 56.2 Å². The lowest BCUT2D eigenvalue weighted by atomic mass is 10.1. The highest BCUT2D eigenvalue weighted by molar-refractivity contribution is 5.93. The maximum absolute atomic E-state index is 12.7. The molecule has 5 heteroatoms. The lowest BCUT2D eigenvalue weighted by Gasteiger charge is -2.24. The summed E-state index contributed by atoms with van der Waals surface area (Å²) < 4.78 is 7.54. The molecule has 1 aromatic rings. The second-order valence-corrected chi connectivity index (χ2v) is 7.62. The van der Waals surface area contributed by atoms with E-state index >= 15 is 0 Å². The van der Waals surface area contributed by atoms with Crippen molar-refractivity contribution in [3.8, 4) is 0 Å². The van der Waals surface area contributed by atoms with Gasteiger partial charge in [0.15, 0.2) is 0 Å². The first-order chi connectivity index (χ1) is 10.4. The molecule has 1 N–H and O–H groups in total. The maximum atomic E-state index is 12.7. The molecule has 3 rings (SSSR count). The van der Waals surface area contributed by atoms with E-state index in [2.05, 4.69) is 26.1 Å². The molecule has 1 saturated heterocycles. The maximum Gasteiger partial charge on any atom is 0.269 e. The third kappa shape index (κ3) is 3.19. The lowest BCUT2D eigenvalue weighted by molar-refractivity contribution is 0.0702. The van der Waals surface area contributed by atoms with Gasteiger partial charge in [0.2, 0.25) is 0 Å². The van der Waals surface area contributed by atoms with Crippen molar-refractivity contribution >= 4 is 5.91 Å². The average Bonchev–Trinajstić information content (AvgIpc) is 2.98. The van der Waals surface area contributed by atoms with Crippen molar-refractivity contribution in [2.75, 3.05) is 6.61 Å². The largest absolute Gasteiger partial charge is 0.376 e. The van der Waals surface area contributed by atoms with Gasteiger partial charge in [-0.05, 0) is 59.4 Å². The second kappa shape index (κ2) is 5.69. The van der Waals surface area contributed by atoms with Crippen molar-refractivity contribution in [3.63, 3.8) is 0 Å². The lowest BCUT2D eigenvalue weighted by Crippen LogP contribution is -2.42. The van der Waals surface area contributed by atoms with Crippen LogP contribution in [0.3, 0.4) is 0 Å². The summed E-state index contributed by atoms with van der Waals surface area (Å²) >= 11 is 0. The third-order valence-electron chi connectivity index (χ3n) is 4.47. The quantitative estimate of drug-likeness (QED) is 0.930. The molecule has 0 bridgehead atoms. The van der Waals surface area contributed by atoms with Crippen LogP contribution >= 0.6 is 0 Å². The van der Waals surface area contributed by atoms with Gasteiger partial charge in [-0.2, -0.15) is 5.10 Å². The number of amides is 1. The highest BCUT2D eigenvalue weighted by atomic mass is 16.5. The van der Waals surface area contributed by atoms with Gasteiger partial charge in [0, 0.05) is 12.5 Å². The van der Waals surface area contributed by atoms with E-state index in [0.29, 0.717) is 11.6 Å². The number of ether oxygens (including phenoxy) is 1. The summed E-state index contributed by atoms with van der Waals surface area (Å²) in [6.07, 6.45) is 4.62. The van der Waals surface area contributed by atoms with Gasteiger partial charge in [0.1, 0.15) is 5.69 Å². The Labute approximate surface area is 132 Å². The van der Waals surface area contributed by atoms with Gasteiger partial charge in [-0.1, -0.05) is 0 Å². The molecule has 0 radical (unpaired) electrons. The molecule has 1 aliphatic heterocycles. The normalized spacial score (nSPS) is 23.5. The number of carbonyl (C=O) groups excluding carboxylic acids is 1. The molecule has 1 aliphatic carbocycles. The van der Waals surface area contributed by atoms with Gasteiger partial charge >= 0.3 is 0 Å². The molecule has 1 aromatic heterocycles. The predicted octanol–water partition coefficient (Wildman–Crippen LogP) is 2.81. The molecule has 0 aromatic carbocycles. The number of nitrogens with zero attached hydrogens (tertiary/aromatic N) is 2. The zero-order chi connectivity index (χ0) is 15.9. The van der Waals surface area contributed by atoms with Crippen LogP contribution in [0.4, 0.5) is 0 Å². The van der Waals surface area contributed by atoms with E-state index < -0.39 is 0 Å². The highest BCUT2D eigenvalue weighted by Gasteiger charge is 2.32. The number of nitrogens with one attached hydrogen (secondary N) is 1. The van der Waals surface area contributed by atoms with Crippen molar-refractivity contribution in [2.45, 2.75) is 77.0 Å². The summed E-state index contributed by atoms with van der Waals surface area (Å²) in [5.74, 6) is 0.503. The van der Waals surface area contributed by atoms with Crippen molar-refractivity contribution < 1.29 is 9.53 Å². The summed E-state index contributed by atoms with van der Waals surface area (Å²) in [7, 11) is 0. The molecule has 1 amide bonds. The SMILES string of the molecule is C[C@@H](NC(=O)c1cc(C2CC2)nn1C(C)(C)C)[C@@H]1CCCO1. The number of hydrogen-bond donors (Lipinski definition) is 1. The van der Waals surface area contributed by atoms with Crippen LogP contribution < -0.4 is 5.32 Å². The van der Waals surface area contributed by atoms with Crippen LogP contribution in [0, 0.1) is 0 Å². The van der Waals surface area contributed by atoms with E-state index in [1.165, 1.54) is 12.8 Å². The van der Waals surface area contributed by atoms with Crippen LogP contribution in [-0.4, -0.2) is 34.4 Å². The van der Waals surface area contributed by atoms with E-state index in [9.17, 15) is 4.79 Å². The molecular weight excluding hydrogens is 278 g/mol. The molecule has 0 spiro atoms. The van der Waals surface area contributed by atoms with Crippen LogP contribution in [0.15, 0.2) is 6.07 Å². The fraction of sp³-hybridized carbons (Fsp3) is 0.765. The smallest absolute Gasteiger partial charge is 0.269 e. The van der Waals surface area contributed by atoms with Gasteiger partial charge in [-0.25, -0.2) is 0 Å². The number of hydrogen-bond acceptors (Lipinski definition) is 3. The minimum absolute atomic E-state index is 0.0303. The van der Waals surface area contributed by atoms with E-state index in [4.69, 9.17) is 9.84 Å². The summed E-state index contributed by atoms with van der Waals surface area (Å²) in [6, 6.07) is 2.00. The summed E-state index contributed by atoms with van der Waals surface area (Å²) in [5, 5.41) is 7.79. The Morgan fingerprint density at radius 2 is 2.14 bits per heavy atom. The molecule has 2 atom stereocenters. The Morgan fingerprint density at radius 1 is 1.41 bits per heavy atom. The first-order valence-corrected chi connectivity index (χ1v) is 8.39. The number of rotatable bonds is 4. The van der Waals surface area contributed by atoms with E-state index in [1.54, 1.807) is 0 Å². The minimum Gasteiger partial charge on any atom is -0.376 e. The standard InChI is InChI=1S/C17H27N3O2/c1-11(15-6-5-9-22-15)18-16(21)14-10-13(12-7-8-12)19-20(14)17(2,3)4/h10-12,15H,5-9H2,1-4H3,(H,18,21)/t11-,15+/m1/s1. The molecule has 2 heterocycles. The monoisotopic (exact) mass is 305 g/mol. The van der Waals surface area contributed by atoms with Crippen LogP contribution in [0.1, 0.15) is 75.5 Å². The average molecular weight is 305 g/mol. The van der Waals surface area contributed by atoms with Gasteiger partial charge in [-0.15, -0.1) is 0 Å². The molecule has 1 saturated carbocycles. The summed E-state index contributed by atoms with van der Waals surface area (Å²) in [5.41, 5.74) is 1.52. The molecule has 2 fully saturated rings. The van der Waals surface area contributed by atoms with Crippen LogP contribution in [0.25, 0.3) is 0 Å². The molecular formula is C17H27N3O2. The molecule has 2 aliphatic rings. The Bertz CT molecular complexity index is 549. The minimum atomic E-state index is -0.201. The highest BCUT2D eigenvalue weighted by Crippen LogP contribution is 2.40. The third-order valence-corrected chi connectivity index (χ3v) is 4.47. The molecule has 5 nitrogen and oxygen atoms in total. The van der Waals surface area contributed by atoms with Crippen molar-refractivity contribution in [2.24, 2.45) is 0 Å². The molecule has 22 heavy (non-hydrogen) atoms. The van der Waals surface area contributed by atoms with Crippen molar-refractivity contribution in [1.82, 2.24) is 15.1 Å². The van der Waals surface area contributed by atoms with Crippen molar-refractivity contribution in [3.05, 3.63) is 17.5 Å². The zero-order valence-electron chi connectivity index (χ0n) is 14.1. The van der Waals surface area contributed by atoms with Crippen molar-refractivity contribution in [1.29, 1.82) is 0 Å². The molecule has 122 valence electrons. The first-order valence-electron chi connectivity index (χ1n) is 8.39. The van der Waals surface area contributed by atoms with Gasteiger partial charge in [-0.3, -0.25) is 9.48 Å². The fourth-order valence-electron chi connectivity index (χ4n) is 3.02. The number of aromatic nitrogens is 2. The van der Waals surface area contributed by atoms with Crippen LogP contribution in [0.2, 0.25) is 0 Å². The van der Waals surface area contributed by atoms with Crippen LogP contribution in [-0.2, 0) is 10.3 Å². The fourth-order valence-corrected chi connectivity index (χ4v) is 3.02. The van der Waals surface area contributed by atoms with E-state index in [1.807, 2.05) is 17.7 Å². The van der Waals surface area contributed by atoms with E-state index in [-0.39, 0.29) is 23.6 Å². The molecule has 0 unspecified atom stereocenters. The second-order valence-electron chi connectivity index (χ2n) is 7.62. The Morgan fingerprint density at radius 3 is 2.68 bits per heavy atom. The summed E-state index contributed by atoms with van der Waals surface area (Å²) in [4.78, 5) is 12.7. The van der Waals surface area contributed by atoms with Gasteiger partial charge < -0.3 is 10.1 Å². The van der Waals surface area contributed by atoms with Gasteiger partial charge in [0.05, 0.1) is 23.4 Å². The van der Waals surface area contributed by atoms with Crippen LogP contribution in [0.5, 0.6) is 0 Å². The Balaban J connectivity index is 1.78. The van der Waals surface area contributed by atoms with Gasteiger partial charge in [0.25, 0.3) is 5.91 Å². The summed E-state index contributed by atoms with van der Waals surface area (Å²) in [6.45, 7) is 9.06. The number of carbonyl (C=O) groups is 1.